The molecule has 0 unspecified atom stereocenters. The normalized spacial score (nSPS) is 16.5. The van der Waals surface area contributed by atoms with E-state index in [2.05, 4.69) is 10.00 Å². The molecule has 1 aliphatic heterocycles. The largest absolute Gasteiger partial charge is 0.394 e. The van der Waals surface area contributed by atoms with Crippen molar-refractivity contribution >= 4 is 5.82 Å². The van der Waals surface area contributed by atoms with Crippen LogP contribution in [-0.2, 0) is 19.6 Å². The van der Waals surface area contributed by atoms with Crippen molar-refractivity contribution in [3.63, 3.8) is 0 Å². The van der Waals surface area contributed by atoms with Crippen LogP contribution in [0.3, 0.4) is 0 Å². The number of fused-ring (bicyclic) bond motifs is 1. The molecule has 0 radical (unpaired) electrons. The van der Waals surface area contributed by atoms with Gasteiger partial charge in [0.15, 0.2) is 0 Å². The highest BCUT2D eigenvalue weighted by atomic mass is 16.3. The summed E-state index contributed by atoms with van der Waals surface area (Å²) in [6.07, 6.45) is 0. The Kier molecular flexibility index (Phi) is 1.97. The average Bonchev–Trinajstić information content (AvgIpc) is 2.54. The maximum Gasteiger partial charge on any atom is 0.126 e. The molecule has 2 rings (SSSR count). The summed E-state index contributed by atoms with van der Waals surface area (Å²) in [6.45, 7) is 2.30. The summed E-state index contributed by atoms with van der Waals surface area (Å²) < 4.78 is 1.68. The number of hydrogen-bond donors (Lipinski definition) is 2. The smallest absolute Gasteiger partial charge is 0.126 e. The summed E-state index contributed by atoms with van der Waals surface area (Å²) in [7, 11) is 2.04. The molecule has 13 heavy (non-hydrogen) atoms. The molecule has 3 N–H and O–H groups in total. The first-order valence-electron chi connectivity index (χ1n) is 4.36. The molecule has 0 spiro atoms. The van der Waals surface area contributed by atoms with Crippen LogP contribution in [0.5, 0.6) is 0 Å². The van der Waals surface area contributed by atoms with Crippen molar-refractivity contribution in [1.29, 1.82) is 0 Å². The molecule has 0 amide bonds. The van der Waals surface area contributed by atoms with E-state index in [9.17, 15) is 0 Å². The Labute approximate surface area is 76.8 Å². The predicted molar refractivity (Wildman–Crippen MR) is 48.9 cm³/mol. The molecule has 5 heteroatoms. The lowest BCUT2D eigenvalue weighted by molar-refractivity contribution is 0.268. The maximum absolute atomic E-state index is 8.76. The number of nitrogens with two attached hydrogens (primary N) is 1. The molecule has 5 nitrogen and oxygen atoms in total. The van der Waals surface area contributed by atoms with Gasteiger partial charge in [0.2, 0.25) is 0 Å². The van der Waals surface area contributed by atoms with E-state index in [0.717, 1.165) is 24.3 Å². The van der Waals surface area contributed by atoms with E-state index in [1.54, 1.807) is 4.68 Å². The molecule has 0 atom stereocenters. The number of nitrogens with zero attached hydrogens (tertiary/aromatic N) is 3. The SMILES string of the molecule is CN1Cc2nn(CCO)c(N)c2C1. The molecule has 72 valence electrons. The quantitative estimate of drug-likeness (QED) is 0.641. The van der Waals surface area contributed by atoms with Crippen LogP contribution in [0.1, 0.15) is 11.3 Å². The van der Waals surface area contributed by atoms with Crippen LogP contribution in [0, 0.1) is 0 Å². The van der Waals surface area contributed by atoms with E-state index in [1.165, 1.54) is 0 Å². The Hall–Kier alpha value is -1.07. The summed E-state index contributed by atoms with van der Waals surface area (Å²) in [5, 5.41) is 13.1. The van der Waals surface area contributed by atoms with Crippen LogP contribution in [0.25, 0.3) is 0 Å². The fraction of sp³-hybridized carbons (Fsp3) is 0.625. The molecular formula is C8H14N4O. The molecule has 1 aromatic heterocycles. The van der Waals surface area contributed by atoms with E-state index in [-0.39, 0.29) is 6.61 Å². The van der Waals surface area contributed by atoms with Crippen LogP contribution in [0.4, 0.5) is 5.82 Å². The van der Waals surface area contributed by atoms with Gasteiger partial charge in [-0.1, -0.05) is 0 Å². The van der Waals surface area contributed by atoms with Crippen LogP contribution in [-0.4, -0.2) is 33.4 Å². The predicted octanol–water partition coefficient (Wildman–Crippen LogP) is -0.597. The van der Waals surface area contributed by atoms with Crippen LogP contribution >= 0.6 is 0 Å². The first-order chi connectivity index (χ1) is 6.22. The van der Waals surface area contributed by atoms with Crippen molar-refractivity contribution in [2.45, 2.75) is 19.6 Å². The highest BCUT2D eigenvalue weighted by molar-refractivity contribution is 5.45. The maximum atomic E-state index is 8.76. The third-order valence-corrected chi connectivity index (χ3v) is 2.34. The minimum absolute atomic E-state index is 0.0839. The Morgan fingerprint density at radius 2 is 2.31 bits per heavy atom. The average molecular weight is 182 g/mol. The van der Waals surface area contributed by atoms with Gasteiger partial charge in [-0.2, -0.15) is 5.10 Å². The third kappa shape index (κ3) is 1.30. The minimum atomic E-state index is 0.0839. The van der Waals surface area contributed by atoms with Gasteiger partial charge >= 0.3 is 0 Å². The van der Waals surface area contributed by atoms with Gasteiger partial charge < -0.3 is 10.8 Å². The number of nitrogen functional groups attached to an aromatic ring is 1. The summed E-state index contributed by atoms with van der Waals surface area (Å²) >= 11 is 0. The number of anilines is 1. The zero-order chi connectivity index (χ0) is 9.42. The van der Waals surface area contributed by atoms with Gasteiger partial charge in [0.05, 0.1) is 18.8 Å². The van der Waals surface area contributed by atoms with Gasteiger partial charge in [-0.15, -0.1) is 0 Å². The molecular weight excluding hydrogens is 168 g/mol. The van der Waals surface area contributed by atoms with Crippen molar-refractivity contribution in [3.05, 3.63) is 11.3 Å². The molecule has 2 heterocycles. The van der Waals surface area contributed by atoms with Gasteiger partial charge in [0.25, 0.3) is 0 Å². The Bertz CT molecular complexity index is 319. The summed E-state index contributed by atoms with van der Waals surface area (Å²) in [5.41, 5.74) is 8.04. The van der Waals surface area contributed by atoms with Crippen molar-refractivity contribution in [2.75, 3.05) is 19.4 Å². The Morgan fingerprint density at radius 3 is 2.92 bits per heavy atom. The van der Waals surface area contributed by atoms with Gasteiger partial charge in [-0.25, -0.2) is 4.68 Å². The summed E-state index contributed by atoms with van der Waals surface area (Å²) in [6, 6.07) is 0. The van der Waals surface area contributed by atoms with E-state index >= 15 is 0 Å². The monoisotopic (exact) mass is 182 g/mol. The molecule has 1 aliphatic rings. The molecule has 0 fully saturated rings. The number of aliphatic hydroxyl groups excluding tert-OH is 1. The molecule has 0 saturated carbocycles. The van der Waals surface area contributed by atoms with Crippen LogP contribution < -0.4 is 5.73 Å². The van der Waals surface area contributed by atoms with E-state index in [4.69, 9.17) is 10.8 Å². The molecule has 0 bridgehead atoms. The van der Waals surface area contributed by atoms with Crippen LogP contribution in [0.15, 0.2) is 0 Å². The molecule has 0 aliphatic carbocycles. The van der Waals surface area contributed by atoms with Crippen molar-refractivity contribution in [3.8, 4) is 0 Å². The van der Waals surface area contributed by atoms with Crippen molar-refractivity contribution in [1.82, 2.24) is 14.7 Å². The molecule has 0 saturated heterocycles. The Balaban J connectivity index is 2.30. The number of rotatable bonds is 2. The third-order valence-electron chi connectivity index (χ3n) is 2.34. The van der Waals surface area contributed by atoms with Gasteiger partial charge in [0, 0.05) is 18.7 Å². The zero-order valence-electron chi connectivity index (χ0n) is 7.69. The molecule has 1 aromatic rings. The van der Waals surface area contributed by atoms with Gasteiger partial charge in [-0.05, 0) is 7.05 Å². The minimum Gasteiger partial charge on any atom is -0.394 e. The first kappa shape index (κ1) is 8.52. The van der Waals surface area contributed by atoms with E-state index in [1.807, 2.05) is 7.05 Å². The zero-order valence-corrected chi connectivity index (χ0v) is 7.69. The summed E-state index contributed by atoms with van der Waals surface area (Å²) in [5.74, 6) is 0.702. The van der Waals surface area contributed by atoms with Gasteiger partial charge in [-0.3, -0.25) is 4.90 Å². The number of aromatic nitrogens is 2. The Morgan fingerprint density at radius 1 is 1.54 bits per heavy atom. The van der Waals surface area contributed by atoms with Crippen molar-refractivity contribution in [2.24, 2.45) is 0 Å². The molecule has 0 aromatic carbocycles. The fourth-order valence-electron chi connectivity index (χ4n) is 1.71. The second-order valence-electron chi connectivity index (χ2n) is 3.43. The standard InChI is InChI=1S/C8H14N4O/c1-11-4-6-7(5-11)10-12(2-3-13)8(6)9/h13H,2-5,9H2,1H3. The second kappa shape index (κ2) is 3.01. The lowest BCUT2D eigenvalue weighted by Crippen LogP contribution is -2.14. The van der Waals surface area contributed by atoms with E-state index < -0.39 is 0 Å². The van der Waals surface area contributed by atoms with Crippen LogP contribution in [0.2, 0.25) is 0 Å². The second-order valence-corrected chi connectivity index (χ2v) is 3.43. The van der Waals surface area contributed by atoms with E-state index in [0.29, 0.717) is 12.4 Å². The number of aliphatic hydroxyl groups is 1. The summed E-state index contributed by atoms with van der Waals surface area (Å²) in [4.78, 5) is 2.16. The lowest BCUT2D eigenvalue weighted by atomic mass is 10.3. The van der Waals surface area contributed by atoms with Gasteiger partial charge in [0.1, 0.15) is 5.82 Å². The highest BCUT2D eigenvalue weighted by Gasteiger charge is 2.23. The van der Waals surface area contributed by atoms with Crippen molar-refractivity contribution < 1.29 is 5.11 Å². The fourth-order valence-corrected chi connectivity index (χ4v) is 1.71. The highest BCUT2D eigenvalue weighted by Crippen LogP contribution is 2.25. The lowest BCUT2D eigenvalue weighted by Gasteiger charge is -2.07. The first-order valence-corrected chi connectivity index (χ1v) is 4.36. The number of hydrogen-bond acceptors (Lipinski definition) is 4. The topological polar surface area (TPSA) is 67.3 Å².